The highest BCUT2D eigenvalue weighted by molar-refractivity contribution is 7.87. The Bertz CT molecular complexity index is 1460. The Morgan fingerprint density at radius 3 is 2.15 bits per heavy atom. The number of alkyl halides is 2. The minimum atomic E-state index is -6.01. The van der Waals surface area contributed by atoms with E-state index in [1.165, 1.54) is 12.8 Å². The third-order valence-electron chi connectivity index (χ3n) is 14.4. The second-order valence-corrected chi connectivity index (χ2v) is 20.6. The Kier molecular flexibility index (Phi) is 11.1. The van der Waals surface area contributed by atoms with E-state index < -0.39 is 50.4 Å². The van der Waals surface area contributed by atoms with Gasteiger partial charge in [-0.3, -0.25) is 9.35 Å². The number of hydrogen-bond acceptors (Lipinski definition) is 10. The third-order valence-corrected chi connectivity index (χ3v) is 15.3. The molecule has 0 radical (unpaired) electrons. The molecule has 10 unspecified atom stereocenters. The number of aliphatic hydroxyl groups is 1. The van der Waals surface area contributed by atoms with E-state index in [0.29, 0.717) is 42.9 Å². The highest BCUT2D eigenvalue weighted by Gasteiger charge is 2.59. The van der Waals surface area contributed by atoms with Gasteiger partial charge < -0.3 is 28.8 Å². The molecule has 0 amide bonds. The Balaban J connectivity index is 1.05. The minimum absolute atomic E-state index is 0.00232. The van der Waals surface area contributed by atoms with E-state index in [2.05, 4.69) is 13.8 Å². The molecular formula is C39H60F2O11S. The summed E-state index contributed by atoms with van der Waals surface area (Å²) in [5, 5.41) is 6.58. The molecule has 7 aliphatic rings. The molecule has 6 bridgehead atoms. The summed E-state index contributed by atoms with van der Waals surface area (Å²) in [5.74, 6) is -0.745. The molecule has 53 heavy (non-hydrogen) atoms. The fourth-order valence-electron chi connectivity index (χ4n) is 12.5. The van der Waals surface area contributed by atoms with Crippen molar-refractivity contribution >= 4 is 22.1 Å². The average Bonchev–Trinajstić information content (AvgIpc) is 3.08. The van der Waals surface area contributed by atoms with Crippen molar-refractivity contribution in [1.82, 2.24) is 0 Å². The van der Waals surface area contributed by atoms with Crippen molar-refractivity contribution in [3.8, 4) is 0 Å². The number of fused-ring (bicyclic) bond motifs is 6. The molecule has 1 heterocycles. The van der Waals surface area contributed by atoms with E-state index in [4.69, 9.17) is 28.2 Å². The second kappa shape index (κ2) is 14.8. The van der Waals surface area contributed by atoms with Crippen LogP contribution in [-0.2, 0) is 43.4 Å². The topological polar surface area (TPSA) is 155 Å². The van der Waals surface area contributed by atoms with E-state index in [1.54, 1.807) is 0 Å². The van der Waals surface area contributed by atoms with Crippen LogP contribution in [0.3, 0.4) is 0 Å². The first-order valence-corrected chi connectivity index (χ1v) is 21.7. The lowest BCUT2D eigenvalue weighted by atomic mass is 9.59. The molecule has 0 spiro atoms. The van der Waals surface area contributed by atoms with Gasteiger partial charge in [0.25, 0.3) is 0 Å². The smallest absolute Gasteiger partial charge is 0.464 e. The third kappa shape index (κ3) is 8.06. The molecular weight excluding hydrogens is 714 g/mol. The SMILES string of the molecule is CC1CC2CCCC(C(=O)OCC3(COC(O)C45CCCC(CC(C)C4)C5)COC(C4CC5CCCC(OC(=O)C(F)(F)S(=O)(=O)O)(C5)C4)OC3)(C1)C2. The number of ether oxygens (including phenoxy) is 5. The van der Waals surface area contributed by atoms with Gasteiger partial charge in [0.05, 0.1) is 30.7 Å². The largest absolute Gasteiger partial charge is 0.465 e. The molecule has 10 atom stereocenters. The van der Waals surface area contributed by atoms with Gasteiger partial charge in [0.2, 0.25) is 0 Å². The summed E-state index contributed by atoms with van der Waals surface area (Å²) in [6, 6.07) is 0. The lowest BCUT2D eigenvalue weighted by molar-refractivity contribution is -0.293. The highest BCUT2D eigenvalue weighted by atomic mass is 32.2. The Labute approximate surface area is 312 Å². The van der Waals surface area contributed by atoms with E-state index in [0.717, 1.165) is 70.6 Å². The van der Waals surface area contributed by atoms with Crippen LogP contribution in [0.25, 0.3) is 0 Å². The van der Waals surface area contributed by atoms with E-state index in [-0.39, 0.29) is 62.5 Å². The van der Waals surface area contributed by atoms with Gasteiger partial charge in [0, 0.05) is 11.3 Å². The van der Waals surface area contributed by atoms with Crippen molar-refractivity contribution in [3.63, 3.8) is 0 Å². The number of esters is 2. The van der Waals surface area contributed by atoms with Crippen LogP contribution in [0.15, 0.2) is 0 Å². The Morgan fingerprint density at radius 2 is 1.45 bits per heavy atom. The molecule has 7 rings (SSSR count). The zero-order chi connectivity index (χ0) is 37.9. The molecule has 6 saturated carbocycles. The molecule has 14 heteroatoms. The van der Waals surface area contributed by atoms with Crippen LogP contribution < -0.4 is 0 Å². The Hall–Kier alpha value is -1.45. The number of hydrogen-bond donors (Lipinski definition) is 2. The predicted molar refractivity (Wildman–Crippen MR) is 187 cm³/mol. The molecule has 1 aliphatic heterocycles. The summed E-state index contributed by atoms with van der Waals surface area (Å²) in [6.07, 6.45) is 12.9. The van der Waals surface area contributed by atoms with Crippen LogP contribution in [0.5, 0.6) is 0 Å². The number of aliphatic hydroxyl groups excluding tert-OH is 1. The summed E-state index contributed by atoms with van der Waals surface area (Å²) in [4.78, 5) is 26.4. The van der Waals surface area contributed by atoms with E-state index >= 15 is 0 Å². The lowest BCUT2D eigenvalue weighted by Crippen LogP contribution is -2.55. The first-order chi connectivity index (χ1) is 25.0. The molecule has 302 valence electrons. The van der Waals surface area contributed by atoms with Crippen LogP contribution in [-0.4, -0.2) is 79.9 Å². The highest BCUT2D eigenvalue weighted by Crippen LogP contribution is 2.55. The van der Waals surface area contributed by atoms with Crippen molar-refractivity contribution in [2.45, 2.75) is 153 Å². The standard InChI is InChI=1S/C39H60F2O11S/c1-25-12-27-6-3-9-36(15-25,17-27)32(42)50-23-35(24-51-33(43)37-10-4-7-28(18-37)13-26(2)16-37)21-48-31(49-22-35)30-14-29-8-5-11-38(19-29,20-30)52-34(44)39(40,41)53(45,46)47/h25-32,42H,3-24H2,1-2H3,(H,45,46,47). The predicted octanol–water partition coefficient (Wildman–Crippen LogP) is 6.80. The average molecular weight is 775 g/mol. The molecule has 0 aromatic heterocycles. The van der Waals surface area contributed by atoms with Crippen molar-refractivity contribution in [2.75, 3.05) is 26.4 Å². The fraction of sp³-hybridized carbons (Fsp3) is 0.949. The molecule has 0 aromatic rings. The molecule has 0 aromatic carbocycles. The van der Waals surface area contributed by atoms with Gasteiger partial charge >= 0.3 is 27.3 Å². The maximum absolute atomic E-state index is 14.3. The van der Waals surface area contributed by atoms with Gasteiger partial charge in [-0.05, 0) is 113 Å². The quantitative estimate of drug-likeness (QED) is 0.129. The number of rotatable bonds is 11. The van der Waals surface area contributed by atoms with Crippen molar-refractivity contribution in [3.05, 3.63) is 0 Å². The maximum Gasteiger partial charge on any atom is 0.465 e. The fourth-order valence-corrected chi connectivity index (χ4v) is 12.7. The van der Waals surface area contributed by atoms with Gasteiger partial charge in [-0.15, -0.1) is 0 Å². The summed E-state index contributed by atoms with van der Waals surface area (Å²) >= 11 is 0. The number of carbonyl (C=O) groups excluding carboxylic acids is 2. The van der Waals surface area contributed by atoms with Crippen LogP contribution in [0.2, 0.25) is 0 Å². The number of halogens is 2. The van der Waals surface area contributed by atoms with E-state index in [1.807, 2.05) is 0 Å². The van der Waals surface area contributed by atoms with E-state index in [9.17, 15) is 31.9 Å². The van der Waals surface area contributed by atoms with Crippen LogP contribution in [0, 0.1) is 51.8 Å². The summed E-state index contributed by atoms with van der Waals surface area (Å²) in [5.41, 5.74) is -3.06. The molecule has 6 aliphatic carbocycles. The lowest BCUT2D eigenvalue weighted by Gasteiger charge is -2.51. The van der Waals surface area contributed by atoms with Gasteiger partial charge in [0.1, 0.15) is 12.2 Å². The molecule has 7 fully saturated rings. The minimum Gasteiger partial charge on any atom is -0.464 e. The van der Waals surface area contributed by atoms with Crippen LogP contribution >= 0.6 is 0 Å². The van der Waals surface area contributed by atoms with Gasteiger partial charge in [-0.25, -0.2) is 4.79 Å². The summed E-state index contributed by atoms with van der Waals surface area (Å²) < 4.78 is 90.9. The summed E-state index contributed by atoms with van der Waals surface area (Å²) in [6.45, 7) is 4.72. The first kappa shape index (κ1) is 39.8. The number of carbonyl (C=O) groups is 2. The monoisotopic (exact) mass is 774 g/mol. The second-order valence-electron chi connectivity index (χ2n) is 19.1. The molecule has 1 saturated heterocycles. The molecule has 2 N–H and O–H groups in total. The van der Waals surface area contributed by atoms with Gasteiger partial charge in [-0.1, -0.05) is 46.0 Å². The normalized spacial score (nSPS) is 43.7. The van der Waals surface area contributed by atoms with Crippen LogP contribution in [0.4, 0.5) is 8.78 Å². The molecule has 11 nitrogen and oxygen atoms in total. The van der Waals surface area contributed by atoms with Crippen LogP contribution in [0.1, 0.15) is 129 Å². The zero-order valence-corrected chi connectivity index (χ0v) is 32.2. The maximum atomic E-state index is 14.3. The summed E-state index contributed by atoms with van der Waals surface area (Å²) in [7, 11) is -6.01. The van der Waals surface area contributed by atoms with Crippen molar-refractivity contribution in [1.29, 1.82) is 0 Å². The van der Waals surface area contributed by atoms with Crippen molar-refractivity contribution in [2.24, 2.45) is 51.8 Å². The van der Waals surface area contributed by atoms with Gasteiger partial charge in [0.15, 0.2) is 12.6 Å². The van der Waals surface area contributed by atoms with Gasteiger partial charge in [-0.2, -0.15) is 17.2 Å². The Morgan fingerprint density at radius 1 is 0.830 bits per heavy atom. The first-order valence-electron chi connectivity index (χ1n) is 20.2. The van der Waals surface area contributed by atoms with Crippen molar-refractivity contribution < 1.29 is 60.1 Å². The zero-order valence-electron chi connectivity index (χ0n) is 31.4.